The molecule has 1 N–H and O–H groups in total. The fourth-order valence-corrected chi connectivity index (χ4v) is 4.32. The molecule has 1 aliphatic heterocycles. The van der Waals surface area contributed by atoms with Crippen LogP contribution >= 0.6 is 11.6 Å². The van der Waals surface area contributed by atoms with E-state index in [9.17, 15) is 8.42 Å². The number of benzene rings is 1. The van der Waals surface area contributed by atoms with Crippen LogP contribution in [0.25, 0.3) is 0 Å². The monoisotopic (exact) mass is 366 g/mol. The van der Waals surface area contributed by atoms with Crippen LogP contribution in [0, 0.1) is 5.92 Å². The zero-order valence-corrected chi connectivity index (χ0v) is 14.9. The van der Waals surface area contributed by atoms with Crippen molar-refractivity contribution in [2.75, 3.05) is 22.7 Å². The first-order valence-corrected chi connectivity index (χ1v) is 9.68. The van der Waals surface area contributed by atoms with Gasteiger partial charge in [0, 0.05) is 13.1 Å². The third kappa shape index (κ3) is 3.79. The standard InChI is InChI=1S/C16H19ClN4O2S/c1-12-5-4-10-21(11-12)16-9-8-15(18-19-16)20-24(22,23)14-7-3-2-6-13(14)17/h2-3,6-9,12H,4-5,10-11H2,1H3,(H,18,20). The molecule has 2 heterocycles. The zero-order valence-electron chi connectivity index (χ0n) is 13.3. The van der Waals surface area contributed by atoms with Crippen LogP contribution in [0.5, 0.6) is 0 Å². The maximum Gasteiger partial charge on any atom is 0.264 e. The largest absolute Gasteiger partial charge is 0.355 e. The Morgan fingerprint density at radius 2 is 2.00 bits per heavy atom. The SMILES string of the molecule is CC1CCCN(c2ccc(NS(=O)(=O)c3ccccc3Cl)nn2)C1. The van der Waals surface area contributed by atoms with E-state index in [4.69, 9.17) is 11.6 Å². The molecule has 0 spiro atoms. The van der Waals surface area contributed by atoms with Gasteiger partial charge in [-0.2, -0.15) is 0 Å². The van der Waals surface area contributed by atoms with Gasteiger partial charge in [0.2, 0.25) is 0 Å². The molecule has 2 aromatic rings. The first-order chi connectivity index (χ1) is 11.5. The Morgan fingerprint density at radius 1 is 1.21 bits per heavy atom. The minimum absolute atomic E-state index is 0.0161. The number of anilines is 2. The molecular formula is C16H19ClN4O2S. The first kappa shape index (κ1) is 17.0. The Kier molecular flexibility index (Phi) is 4.91. The summed E-state index contributed by atoms with van der Waals surface area (Å²) in [5.74, 6) is 1.56. The van der Waals surface area contributed by atoms with Crippen molar-refractivity contribution < 1.29 is 8.42 Å². The summed E-state index contributed by atoms with van der Waals surface area (Å²) in [5, 5.41) is 8.31. The van der Waals surface area contributed by atoms with Gasteiger partial charge in [-0.25, -0.2) is 8.42 Å². The molecule has 24 heavy (non-hydrogen) atoms. The average Bonchev–Trinajstić information content (AvgIpc) is 2.55. The molecule has 0 saturated carbocycles. The van der Waals surface area contributed by atoms with Crippen LogP contribution in [0.15, 0.2) is 41.3 Å². The molecule has 1 fully saturated rings. The molecule has 0 radical (unpaired) electrons. The number of nitrogens with zero attached hydrogens (tertiary/aromatic N) is 3. The van der Waals surface area contributed by atoms with E-state index in [1.165, 1.54) is 18.6 Å². The van der Waals surface area contributed by atoms with Gasteiger partial charge in [0.15, 0.2) is 11.6 Å². The Labute approximate surface area is 146 Å². The molecule has 3 rings (SSSR count). The van der Waals surface area contributed by atoms with Crippen molar-refractivity contribution in [1.29, 1.82) is 0 Å². The van der Waals surface area contributed by atoms with E-state index in [1.54, 1.807) is 24.3 Å². The Balaban J connectivity index is 1.75. The quantitative estimate of drug-likeness (QED) is 0.899. The fraction of sp³-hybridized carbons (Fsp3) is 0.375. The van der Waals surface area contributed by atoms with Gasteiger partial charge in [-0.3, -0.25) is 4.72 Å². The van der Waals surface area contributed by atoms with E-state index in [2.05, 4.69) is 26.7 Å². The maximum absolute atomic E-state index is 12.4. The third-order valence-corrected chi connectivity index (χ3v) is 5.85. The van der Waals surface area contributed by atoms with E-state index in [-0.39, 0.29) is 15.7 Å². The van der Waals surface area contributed by atoms with E-state index in [0.29, 0.717) is 5.92 Å². The molecule has 1 aromatic heterocycles. The lowest BCUT2D eigenvalue weighted by atomic mass is 10.0. The molecule has 0 aliphatic carbocycles. The lowest BCUT2D eigenvalue weighted by Gasteiger charge is -2.31. The summed E-state index contributed by atoms with van der Waals surface area (Å²) in [5.41, 5.74) is 0. The van der Waals surface area contributed by atoms with E-state index < -0.39 is 10.0 Å². The smallest absolute Gasteiger partial charge is 0.264 e. The van der Waals surface area contributed by atoms with Crippen LogP contribution in [0.2, 0.25) is 5.02 Å². The molecule has 1 aliphatic rings. The summed E-state index contributed by atoms with van der Waals surface area (Å²) in [6.07, 6.45) is 2.35. The highest BCUT2D eigenvalue weighted by Crippen LogP contribution is 2.24. The van der Waals surface area contributed by atoms with Crippen molar-refractivity contribution in [3.05, 3.63) is 41.4 Å². The van der Waals surface area contributed by atoms with Gasteiger partial charge in [0.25, 0.3) is 10.0 Å². The minimum Gasteiger partial charge on any atom is -0.355 e. The average molecular weight is 367 g/mol. The van der Waals surface area contributed by atoms with Crippen LogP contribution in [0.3, 0.4) is 0 Å². The van der Waals surface area contributed by atoms with Gasteiger partial charge in [0.1, 0.15) is 4.90 Å². The van der Waals surface area contributed by atoms with Crippen LogP contribution in [-0.4, -0.2) is 31.7 Å². The zero-order chi connectivity index (χ0) is 17.2. The number of sulfonamides is 1. The molecule has 0 amide bonds. The highest BCUT2D eigenvalue weighted by molar-refractivity contribution is 7.92. The molecule has 6 nitrogen and oxygen atoms in total. The van der Waals surface area contributed by atoms with Crippen LogP contribution in [0.4, 0.5) is 11.6 Å². The van der Waals surface area contributed by atoms with Crippen molar-refractivity contribution in [3.8, 4) is 0 Å². The normalized spacial score (nSPS) is 18.4. The summed E-state index contributed by atoms with van der Waals surface area (Å²) in [6.45, 7) is 4.11. The predicted octanol–water partition coefficient (Wildman–Crippen LogP) is 3.17. The number of halogens is 1. The summed E-state index contributed by atoms with van der Waals surface area (Å²) >= 11 is 5.95. The maximum atomic E-state index is 12.4. The van der Waals surface area contributed by atoms with Crippen molar-refractivity contribution in [2.45, 2.75) is 24.7 Å². The number of hydrogen-bond donors (Lipinski definition) is 1. The van der Waals surface area contributed by atoms with Crippen molar-refractivity contribution in [1.82, 2.24) is 10.2 Å². The van der Waals surface area contributed by atoms with Gasteiger partial charge < -0.3 is 4.90 Å². The molecular weight excluding hydrogens is 348 g/mol. The van der Waals surface area contributed by atoms with Crippen LogP contribution < -0.4 is 9.62 Å². The lowest BCUT2D eigenvalue weighted by molar-refractivity contribution is 0.444. The van der Waals surface area contributed by atoms with Crippen LogP contribution in [-0.2, 0) is 10.0 Å². The number of nitrogens with one attached hydrogen (secondary N) is 1. The molecule has 8 heteroatoms. The van der Waals surface area contributed by atoms with Gasteiger partial charge >= 0.3 is 0 Å². The molecule has 128 valence electrons. The van der Waals surface area contributed by atoms with Gasteiger partial charge in [0.05, 0.1) is 5.02 Å². The van der Waals surface area contributed by atoms with E-state index in [1.807, 2.05) is 0 Å². The second-order valence-electron chi connectivity index (χ2n) is 6.01. The lowest BCUT2D eigenvalue weighted by Crippen LogP contribution is -2.34. The van der Waals surface area contributed by atoms with Crippen molar-refractivity contribution >= 4 is 33.3 Å². The molecule has 0 bridgehead atoms. The summed E-state index contributed by atoms with van der Waals surface area (Å²) < 4.78 is 27.2. The number of aromatic nitrogens is 2. The Hall–Kier alpha value is -1.86. The Morgan fingerprint density at radius 3 is 2.67 bits per heavy atom. The van der Waals surface area contributed by atoms with E-state index >= 15 is 0 Å². The molecule has 1 atom stereocenters. The summed E-state index contributed by atoms with van der Waals surface area (Å²) in [4.78, 5) is 2.19. The second kappa shape index (κ2) is 6.94. The van der Waals surface area contributed by atoms with Crippen LogP contribution in [0.1, 0.15) is 19.8 Å². The number of rotatable bonds is 4. The van der Waals surface area contributed by atoms with E-state index in [0.717, 1.165) is 25.3 Å². The predicted molar refractivity (Wildman–Crippen MR) is 94.9 cm³/mol. The fourth-order valence-electron chi connectivity index (χ4n) is 2.80. The highest BCUT2D eigenvalue weighted by Gasteiger charge is 2.20. The number of piperidine rings is 1. The minimum atomic E-state index is -3.79. The first-order valence-electron chi connectivity index (χ1n) is 7.82. The topological polar surface area (TPSA) is 75.2 Å². The summed E-state index contributed by atoms with van der Waals surface area (Å²) in [7, 11) is -3.79. The van der Waals surface area contributed by atoms with Gasteiger partial charge in [-0.1, -0.05) is 30.7 Å². The van der Waals surface area contributed by atoms with Gasteiger partial charge in [-0.05, 0) is 43.0 Å². The molecule has 1 saturated heterocycles. The second-order valence-corrected chi connectivity index (χ2v) is 8.06. The van der Waals surface area contributed by atoms with Crippen molar-refractivity contribution in [3.63, 3.8) is 0 Å². The summed E-state index contributed by atoms with van der Waals surface area (Å²) in [6, 6.07) is 9.68. The highest BCUT2D eigenvalue weighted by atomic mass is 35.5. The molecule has 1 aromatic carbocycles. The Bertz CT molecular complexity index is 811. The van der Waals surface area contributed by atoms with Gasteiger partial charge in [-0.15, -0.1) is 10.2 Å². The third-order valence-electron chi connectivity index (χ3n) is 4.00. The van der Waals surface area contributed by atoms with Crippen molar-refractivity contribution in [2.24, 2.45) is 5.92 Å². The number of hydrogen-bond acceptors (Lipinski definition) is 5. The molecule has 1 unspecified atom stereocenters.